The van der Waals surface area contributed by atoms with Gasteiger partial charge < -0.3 is 9.88 Å². The van der Waals surface area contributed by atoms with Gasteiger partial charge in [0, 0.05) is 44.4 Å². The van der Waals surface area contributed by atoms with Crippen molar-refractivity contribution in [2.45, 2.75) is 17.0 Å². The minimum absolute atomic E-state index is 0.0478. The summed E-state index contributed by atoms with van der Waals surface area (Å²) in [6.45, 7) is 0.638. The van der Waals surface area contributed by atoms with E-state index in [0.717, 1.165) is 5.56 Å². The summed E-state index contributed by atoms with van der Waals surface area (Å²) in [6.07, 6.45) is 4.37. The maximum atomic E-state index is 13.1. The molecule has 0 spiro atoms. The highest BCUT2D eigenvalue weighted by atomic mass is 35.5. The number of anilines is 1. The fraction of sp³-hybridized carbons (Fsp3) is 0.278. The Morgan fingerprint density at radius 1 is 1.14 bits per heavy atom. The number of aromatic nitrogens is 4. The minimum atomic E-state index is -3.69. The van der Waals surface area contributed by atoms with Gasteiger partial charge in [-0.25, -0.2) is 23.4 Å². The van der Waals surface area contributed by atoms with Crippen molar-refractivity contribution in [1.29, 1.82) is 0 Å². The third-order valence-corrected chi connectivity index (χ3v) is 6.69. The Morgan fingerprint density at radius 2 is 1.93 bits per heavy atom. The molecule has 1 aromatic carbocycles. The van der Waals surface area contributed by atoms with Crippen molar-refractivity contribution in [2.75, 3.05) is 18.4 Å². The number of nitrogens with one attached hydrogen (secondary N) is 1. The molecule has 0 unspecified atom stereocenters. The number of nitrogens with zero attached hydrogens (tertiary/aromatic N) is 5. The van der Waals surface area contributed by atoms with E-state index in [1.807, 2.05) is 30.3 Å². The highest BCUT2D eigenvalue weighted by Crippen LogP contribution is 2.33. The highest BCUT2D eigenvalue weighted by molar-refractivity contribution is 7.89. The molecule has 0 aliphatic carbocycles. The van der Waals surface area contributed by atoms with E-state index in [1.165, 1.54) is 23.2 Å². The standard InChI is InChI=1S/C18H19ClN6O2S/c1-24-10-18(22-12-24)28(26,27)25-8-14(13-5-3-2-4-6-13)15(9-25)23-17-7-16(19)20-11-21-17/h2-7,10-12,14-15H,8-9H2,1H3,(H,20,21,23)/t14-,15+/m1/s1. The van der Waals surface area contributed by atoms with E-state index in [-0.39, 0.29) is 17.0 Å². The summed E-state index contributed by atoms with van der Waals surface area (Å²) in [5, 5.41) is 3.69. The summed E-state index contributed by atoms with van der Waals surface area (Å²) in [4.78, 5) is 12.1. The van der Waals surface area contributed by atoms with Crippen molar-refractivity contribution in [2.24, 2.45) is 7.05 Å². The van der Waals surface area contributed by atoms with E-state index in [1.54, 1.807) is 17.7 Å². The molecule has 1 fully saturated rings. The first-order valence-corrected chi connectivity index (χ1v) is 10.5. The molecule has 3 aromatic rings. The highest BCUT2D eigenvalue weighted by Gasteiger charge is 2.41. The van der Waals surface area contributed by atoms with Crippen LogP contribution in [-0.2, 0) is 17.1 Å². The Hall–Kier alpha value is -2.49. The van der Waals surface area contributed by atoms with Crippen molar-refractivity contribution >= 4 is 27.4 Å². The number of hydrogen-bond donors (Lipinski definition) is 1. The molecule has 0 amide bonds. The SMILES string of the molecule is Cn1cnc(S(=O)(=O)N2C[C@H](Nc3cc(Cl)ncn3)[C@@H](c3ccccc3)C2)c1. The third-order valence-electron chi connectivity index (χ3n) is 4.77. The minimum Gasteiger partial charge on any atom is -0.365 e. The molecule has 1 saturated heterocycles. The summed E-state index contributed by atoms with van der Waals surface area (Å²) in [5.41, 5.74) is 1.05. The molecule has 10 heteroatoms. The van der Waals surface area contributed by atoms with Crippen LogP contribution in [0.4, 0.5) is 5.82 Å². The van der Waals surface area contributed by atoms with Crippen LogP contribution in [0.3, 0.4) is 0 Å². The average Bonchev–Trinajstić information content (AvgIpc) is 3.30. The van der Waals surface area contributed by atoms with Gasteiger partial charge in [0.1, 0.15) is 17.3 Å². The largest absolute Gasteiger partial charge is 0.365 e. The van der Waals surface area contributed by atoms with Gasteiger partial charge in [-0.3, -0.25) is 0 Å². The van der Waals surface area contributed by atoms with Gasteiger partial charge in [-0.1, -0.05) is 41.9 Å². The van der Waals surface area contributed by atoms with Gasteiger partial charge in [0.15, 0.2) is 5.03 Å². The van der Waals surface area contributed by atoms with Crippen LogP contribution in [0, 0.1) is 0 Å². The summed E-state index contributed by atoms with van der Waals surface area (Å²) < 4.78 is 29.2. The quantitative estimate of drug-likeness (QED) is 0.638. The lowest BCUT2D eigenvalue weighted by Gasteiger charge is -2.20. The van der Waals surface area contributed by atoms with Crippen molar-refractivity contribution in [3.05, 3.63) is 66.0 Å². The van der Waals surface area contributed by atoms with Crippen LogP contribution in [0.5, 0.6) is 0 Å². The average molecular weight is 419 g/mol. The van der Waals surface area contributed by atoms with Crippen LogP contribution in [0.2, 0.25) is 5.15 Å². The zero-order valence-electron chi connectivity index (χ0n) is 15.1. The number of aryl methyl sites for hydroxylation is 1. The monoisotopic (exact) mass is 418 g/mol. The van der Waals surface area contributed by atoms with Crippen LogP contribution in [0.25, 0.3) is 0 Å². The first-order chi connectivity index (χ1) is 13.4. The van der Waals surface area contributed by atoms with Gasteiger partial charge in [0.25, 0.3) is 10.0 Å². The van der Waals surface area contributed by atoms with Crippen molar-refractivity contribution in [3.8, 4) is 0 Å². The normalized spacial score (nSPS) is 20.4. The van der Waals surface area contributed by atoms with Crippen LogP contribution >= 0.6 is 11.6 Å². The number of halogens is 1. The number of hydrogen-bond acceptors (Lipinski definition) is 6. The molecular formula is C18H19ClN6O2S. The number of rotatable bonds is 5. The van der Waals surface area contributed by atoms with E-state index >= 15 is 0 Å². The van der Waals surface area contributed by atoms with E-state index in [0.29, 0.717) is 24.1 Å². The van der Waals surface area contributed by atoms with E-state index in [2.05, 4.69) is 20.3 Å². The van der Waals surface area contributed by atoms with Crippen LogP contribution in [-0.4, -0.2) is 51.4 Å². The second-order valence-corrected chi connectivity index (χ2v) is 8.97. The summed E-state index contributed by atoms with van der Waals surface area (Å²) in [7, 11) is -1.95. The fourth-order valence-corrected chi connectivity index (χ4v) is 5.01. The lowest BCUT2D eigenvalue weighted by molar-refractivity contribution is 0.468. The van der Waals surface area contributed by atoms with Gasteiger partial charge in [0.2, 0.25) is 0 Å². The van der Waals surface area contributed by atoms with Crippen LogP contribution in [0.1, 0.15) is 11.5 Å². The molecule has 3 heterocycles. The molecule has 1 aliphatic rings. The molecule has 8 nitrogen and oxygen atoms in total. The maximum absolute atomic E-state index is 13.1. The molecule has 146 valence electrons. The fourth-order valence-electron chi connectivity index (χ4n) is 3.41. The Kier molecular flexibility index (Phi) is 5.05. The number of sulfonamides is 1. The molecule has 0 saturated carbocycles. The smallest absolute Gasteiger partial charge is 0.262 e. The predicted molar refractivity (Wildman–Crippen MR) is 106 cm³/mol. The van der Waals surface area contributed by atoms with Crippen LogP contribution in [0.15, 0.2) is 60.3 Å². The summed E-state index contributed by atoms with van der Waals surface area (Å²) in [6, 6.07) is 11.3. The Balaban J connectivity index is 1.65. The molecular weight excluding hydrogens is 400 g/mol. The zero-order valence-corrected chi connectivity index (χ0v) is 16.7. The topological polar surface area (TPSA) is 93.0 Å². The molecule has 28 heavy (non-hydrogen) atoms. The van der Waals surface area contributed by atoms with Gasteiger partial charge in [-0.15, -0.1) is 0 Å². The molecule has 4 rings (SSSR count). The molecule has 2 atom stereocenters. The van der Waals surface area contributed by atoms with Gasteiger partial charge in [-0.2, -0.15) is 4.31 Å². The predicted octanol–water partition coefficient (Wildman–Crippen LogP) is 2.13. The van der Waals surface area contributed by atoms with Crippen molar-refractivity contribution in [1.82, 2.24) is 23.8 Å². The molecule has 1 aliphatic heterocycles. The Labute approximate surface area is 168 Å². The van der Waals surface area contributed by atoms with Crippen molar-refractivity contribution in [3.63, 3.8) is 0 Å². The Morgan fingerprint density at radius 3 is 2.61 bits per heavy atom. The van der Waals surface area contributed by atoms with Gasteiger partial charge in [-0.05, 0) is 5.56 Å². The van der Waals surface area contributed by atoms with E-state index in [4.69, 9.17) is 11.6 Å². The number of benzene rings is 1. The second kappa shape index (κ2) is 7.50. The van der Waals surface area contributed by atoms with Gasteiger partial charge >= 0.3 is 0 Å². The first kappa shape index (κ1) is 18.9. The maximum Gasteiger partial charge on any atom is 0.262 e. The van der Waals surface area contributed by atoms with Gasteiger partial charge in [0.05, 0.1) is 6.33 Å². The first-order valence-electron chi connectivity index (χ1n) is 8.70. The Bertz CT molecular complexity index is 1070. The molecule has 1 N–H and O–H groups in total. The van der Waals surface area contributed by atoms with Crippen molar-refractivity contribution < 1.29 is 8.42 Å². The summed E-state index contributed by atoms with van der Waals surface area (Å²) >= 11 is 5.96. The molecule has 0 radical (unpaired) electrons. The van der Waals surface area contributed by atoms with E-state index in [9.17, 15) is 8.42 Å². The third kappa shape index (κ3) is 3.73. The zero-order chi connectivity index (χ0) is 19.7. The van der Waals surface area contributed by atoms with E-state index < -0.39 is 10.0 Å². The molecule has 0 bridgehead atoms. The second-order valence-electron chi connectivity index (χ2n) is 6.69. The van der Waals surface area contributed by atoms with Crippen LogP contribution < -0.4 is 5.32 Å². The number of imidazole rings is 1. The lowest BCUT2D eigenvalue weighted by Crippen LogP contribution is -2.32. The lowest BCUT2D eigenvalue weighted by atomic mass is 9.94. The summed E-state index contributed by atoms with van der Waals surface area (Å²) in [5.74, 6) is 0.511. The molecule has 2 aromatic heterocycles.